The quantitative estimate of drug-likeness (QED) is 0.390. The van der Waals surface area contributed by atoms with Crippen molar-refractivity contribution in [1.82, 2.24) is 10.6 Å². The zero-order valence-corrected chi connectivity index (χ0v) is 23.1. The molecule has 3 amide bonds. The Morgan fingerprint density at radius 1 is 0.875 bits per heavy atom. The second-order valence-electron chi connectivity index (χ2n) is 10.6. The highest BCUT2D eigenvalue weighted by atomic mass is 16.3. The first-order chi connectivity index (χ1) is 19.4. The molecule has 2 aromatic carbocycles. The van der Waals surface area contributed by atoms with Gasteiger partial charge in [-0.1, -0.05) is 31.0 Å². The van der Waals surface area contributed by atoms with Gasteiger partial charge in [-0.3, -0.25) is 14.4 Å². The van der Waals surface area contributed by atoms with Crippen LogP contribution in [0.2, 0.25) is 0 Å². The van der Waals surface area contributed by atoms with Gasteiger partial charge in [0.2, 0.25) is 5.91 Å². The maximum atomic E-state index is 13.1. The molecule has 210 valence electrons. The lowest BCUT2D eigenvalue weighted by molar-refractivity contribution is -0.123. The summed E-state index contributed by atoms with van der Waals surface area (Å²) >= 11 is 0. The van der Waals surface area contributed by atoms with E-state index in [9.17, 15) is 14.4 Å². The van der Waals surface area contributed by atoms with Crippen molar-refractivity contribution in [2.45, 2.75) is 51.6 Å². The van der Waals surface area contributed by atoms with E-state index in [4.69, 9.17) is 4.42 Å². The van der Waals surface area contributed by atoms with Crippen LogP contribution in [-0.4, -0.2) is 56.0 Å². The Balaban J connectivity index is 1.31. The summed E-state index contributed by atoms with van der Waals surface area (Å²) < 4.78 is 5.28. The highest BCUT2D eigenvalue weighted by Crippen LogP contribution is 2.30. The summed E-state index contributed by atoms with van der Waals surface area (Å²) in [5.41, 5.74) is 4.17. The molecule has 9 nitrogen and oxygen atoms in total. The second-order valence-corrected chi connectivity index (χ2v) is 10.6. The van der Waals surface area contributed by atoms with Crippen LogP contribution in [0.15, 0.2) is 65.3 Å². The number of hydrogen-bond acceptors (Lipinski definition) is 6. The molecule has 2 fully saturated rings. The van der Waals surface area contributed by atoms with E-state index in [2.05, 4.69) is 50.9 Å². The van der Waals surface area contributed by atoms with Crippen molar-refractivity contribution >= 4 is 34.8 Å². The number of piperazine rings is 1. The third-order valence-corrected chi connectivity index (χ3v) is 7.77. The van der Waals surface area contributed by atoms with Crippen molar-refractivity contribution in [3.63, 3.8) is 0 Å². The van der Waals surface area contributed by atoms with Crippen LogP contribution in [0, 0.1) is 6.92 Å². The van der Waals surface area contributed by atoms with Crippen LogP contribution < -0.4 is 25.8 Å². The molecule has 5 rings (SSSR count). The van der Waals surface area contributed by atoms with E-state index in [0.717, 1.165) is 57.5 Å². The molecular weight excluding hydrogens is 506 g/mol. The monoisotopic (exact) mass is 543 g/mol. The molecule has 0 bridgehead atoms. The van der Waals surface area contributed by atoms with E-state index in [1.54, 1.807) is 31.2 Å². The molecule has 3 aromatic rings. The van der Waals surface area contributed by atoms with Crippen LogP contribution in [-0.2, 0) is 4.79 Å². The summed E-state index contributed by atoms with van der Waals surface area (Å²) in [6.07, 6.45) is 5.64. The van der Waals surface area contributed by atoms with Crippen molar-refractivity contribution in [2.75, 3.05) is 41.3 Å². The number of anilines is 3. The summed E-state index contributed by atoms with van der Waals surface area (Å²) in [7, 11) is 0. The van der Waals surface area contributed by atoms with E-state index in [1.165, 1.54) is 17.5 Å². The summed E-state index contributed by atoms with van der Waals surface area (Å²) in [5, 5.41) is 8.77. The van der Waals surface area contributed by atoms with Gasteiger partial charge >= 0.3 is 0 Å². The standard InChI is InChI=1S/C31H37N5O4/c1-21-8-3-6-11-26(21)35-15-17-36(18-16-35)27-14-13-23(20-25(27)34-31(39)28-12-7-19-40-28)30(38)32-22(2)29(37)33-24-9-4-5-10-24/h3,6-8,11-14,19-20,22,24H,4-5,9-10,15-18H2,1-2H3,(H,32,38)(H,33,37)(H,34,39)/t22-/m0/s1. The minimum atomic E-state index is -0.677. The molecule has 1 aliphatic heterocycles. The molecule has 0 spiro atoms. The number of para-hydroxylation sites is 1. The summed E-state index contributed by atoms with van der Waals surface area (Å²) in [6, 6.07) is 16.4. The lowest BCUT2D eigenvalue weighted by Gasteiger charge is -2.38. The highest BCUT2D eigenvalue weighted by Gasteiger charge is 2.25. The summed E-state index contributed by atoms with van der Waals surface area (Å²) in [5.74, 6) is -0.776. The van der Waals surface area contributed by atoms with Gasteiger partial charge in [0, 0.05) is 43.5 Å². The van der Waals surface area contributed by atoms with Crippen LogP contribution in [0.5, 0.6) is 0 Å². The molecule has 0 unspecified atom stereocenters. The molecule has 2 heterocycles. The fraction of sp³-hybridized carbons (Fsp3) is 0.387. The van der Waals surface area contributed by atoms with Crippen molar-refractivity contribution < 1.29 is 18.8 Å². The van der Waals surface area contributed by atoms with Gasteiger partial charge in [-0.15, -0.1) is 0 Å². The van der Waals surface area contributed by atoms with Gasteiger partial charge in [-0.2, -0.15) is 0 Å². The number of nitrogens with one attached hydrogen (secondary N) is 3. The number of nitrogens with zero attached hydrogens (tertiary/aromatic N) is 2. The first-order valence-electron chi connectivity index (χ1n) is 14.0. The van der Waals surface area contributed by atoms with E-state index in [-0.39, 0.29) is 23.6 Å². The summed E-state index contributed by atoms with van der Waals surface area (Å²) in [4.78, 5) is 43.3. The van der Waals surface area contributed by atoms with E-state index >= 15 is 0 Å². The Morgan fingerprint density at radius 2 is 1.57 bits per heavy atom. The lowest BCUT2D eigenvalue weighted by atomic mass is 10.1. The largest absolute Gasteiger partial charge is 0.459 e. The number of furan rings is 1. The zero-order valence-electron chi connectivity index (χ0n) is 23.1. The number of amides is 3. The number of carbonyl (C=O) groups is 3. The molecule has 2 aliphatic rings. The average molecular weight is 544 g/mol. The Morgan fingerprint density at radius 3 is 2.25 bits per heavy atom. The van der Waals surface area contributed by atoms with Crippen LogP contribution in [0.1, 0.15) is 59.1 Å². The predicted octanol–water partition coefficient (Wildman–Crippen LogP) is 4.34. The maximum Gasteiger partial charge on any atom is 0.291 e. The molecule has 0 radical (unpaired) electrons. The Bertz CT molecular complexity index is 1340. The van der Waals surface area contributed by atoms with Crippen LogP contribution in [0.3, 0.4) is 0 Å². The molecule has 1 saturated carbocycles. The highest BCUT2D eigenvalue weighted by molar-refractivity contribution is 6.06. The van der Waals surface area contributed by atoms with Gasteiger partial charge in [-0.25, -0.2) is 0 Å². The van der Waals surface area contributed by atoms with E-state index in [0.29, 0.717) is 11.3 Å². The molecule has 1 aromatic heterocycles. The van der Waals surface area contributed by atoms with Crippen molar-refractivity contribution in [3.8, 4) is 0 Å². The first kappa shape index (κ1) is 27.3. The molecular formula is C31H37N5O4. The number of benzene rings is 2. The smallest absolute Gasteiger partial charge is 0.291 e. The summed E-state index contributed by atoms with van der Waals surface area (Å²) in [6.45, 7) is 6.96. The number of rotatable bonds is 8. The van der Waals surface area contributed by atoms with Crippen molar-refractivity contribution in [2.24, 2.45) is 0 Å². The topological polar surface area (TPSA) is 107 Å². The van der Waals surface area contributed by atoms with Gasteiger partial charge in [-0.05, 0) is 68.7 Å². The SMILES string of the molecule is Cc1ccccc1N1CCN(c2ccc(C(=O)N[C@@H](C)C(=O)NC3CCCC3)cc2NC(=O)c2ccco2)CC1. The lowest BCUT2D eigenvalue weighted by Crippen LogP contribution is -2.47. The molecule has 40 heavy (non-hydrogen) atoms. The van der Waals surface area contributed by atoms with Gasteiger partial charge < -0.3 is 30.2 Å². The number of carbonyl (C=O) groups excluding carboxylic acids is 3. The van der Waals surface area contributed by atoms with E-state index < -0.39 is 11.9 Å². The fourth-order valence-electron chi connectivity index (χ4n) is 5.49. The average Bonchev–Trinajstić information content (AvgIpc) is 3.68. The zero-order chi connectivity index (χ0) is 28.1. The van der Waals surface area contributed by atoms with Crippen LogP contribution in [0.4, 0.5) is 17.1 Å². The molecule has 9 heteroatoms. The fourth-order valence-corrected chi connectivity index (χ4v) is 5.49. The molecule has 3 N–H and O–H groups in total. The first-order valence-corrected chi connectivity index (χ1v) is 14.0. The van der Waals surface area contributed by atoms with Crippen molar-refractivity contribution in [1.29, 1.82) is 0 Å². The minimum absolute atomic E-state index is 0.181. The van der Waals surface area contributed by atoms with Gasteiger partial charge in [0.1, 0.15) is 6.04 Å². The normalized spacial score (nSPS) is 16.4. The van der Waals surface area contributed by atoms with Gasteiger partial charge in [0.05, 0.1) is 17.6 Å². The van der Waals surface area contributed by atoms with Crippen molar-refractivity contribution in [3.05, 3.63) is 77.7 Å². The minimum Gasteiger partial charge on any atom is -0.459 e. The molecule has 1 aliphatic carbocycles. The second kappa shape index (κ2) is 12.3. The Labute approximate surface area is 234 Å². The van der Waals surface area contributed by atoms with E-state index in [1.807, 2.05) is 12.1 Å². The third-order valence-electron chi connectivity index (χ3n) is 7.77. The third kappa shape index (κ3) is 6.30. The Hall–Kier alpha value is -4.27. The van der Waals surface area contributed by atoms with Crippen LogP contribution in [0.25, 0.3) is 0 Å². The predicted molar refractivity (Wildman–Crippen MR) is 156 cm³/mol. The van der Waals surface area contributed by atoms with Gasteiger partial charge in [0.15, 0.2) is 5.76 Å². The Kier molecular flexibility index (Phi) is 8.38. The molecule has 1 saturated heterocycles. The van der Waals surface area contributed by atoms with Crippen LogP contribution >= 0.6 is 0 Å². The molecule has 1 atom stereocenters. The maximum absolute atomic E-state index is 13.1. The van der Waals surface area contributed by atoms with Gasteiger partial charge in [0.25, 0.3) is 11.8 Å². The number of hydrogen-bond donors (Lipinski definition) is 3. The number of aryl methyl sites for hydroxylation is 1.